The maximum absolute atomic E-state index is 10.6. The largest absolute Gasteiger partial charge is 0.481 e. The van der Waals surface area contributed by atoms with Crippen LogP contribution in [0.5, 0.6) is 0 Å². The fourth-order valence-corrected chi connectivity index (χ4v) is 2.95. The topological polar surface area (TPSA) is 70.7 Å². The van der Waals surface area contributed by atoms with E-state index in [4.69, 9.17) is 5.11 Å². The highest BCUT2D eigenvalue weighted by Crippen LogP contribution is 2.22. The van der Waals surface area contributed by atoms with Crippen molar-refractivity contribution in [3.63, 3.8) is 0 Å². The van der Waals surface area contributed by atoms with Gasteiger partial charge in [-0.05, 0) is 44.3 Å². The quantitative estimate of drug-likeness (QED) is 0.908. The maximum Gasteiger partial charge on any atom is 0.303 e. The van der Waals surface area contributed by atoms with Gasteiger partial charge in [0.05, 0.1) is 5.69 Å². The molecule has 0 aliphatic carbocycles. The maximum atomic E-state index is 10.6. The first-order valence-electron chi connectivity index (χ1n) is 7.43. The summed E-state index contributed by atoms with van der Waals surface area (Å²) in [5, 5.41) is 8.73. The lowest BCUT2D eigenvalue weighted by molar-refractivity contribution is -0.137. The summed E-state index contributed by atoms with van der Waals surface area (Å²) in [5.41, 5.74) is 1.04. The molecule has 0 amide bonds. The smallest absolute Gasteiger partial charge is 0.303 e. The van der Waals surface area contributed by atoms with Gasteiger partial charge in [-0.2, -0.15) is 0 Å². The molecule has 1 aliphatic rings. The highest BCUT2D eigenvalue weighted by Gasteiger charge is 2.20. The number of imidazole rings is 1. The third-order valence-corrected chi connectivity index (χ3v) is 4.14. The summed E-state index contributed by atoms with van der Waals surface area (Å²) < 4.78 is 1.94. The minimum Gasteiger partial charge on any atom is -0.481 e. The predicted molar refractivity (Wildman–Crippen MR) is 77.9 cm³/mol. The molecule has 0 bridgehead atoms. The Bertz CT molecular complexity index is 584. The number of carbonyl (C=O) groups is 1. The van der Waals surface area contributed by atoms with Gasteiger partial charge in [0, 0.05) is 31.6 Å². The molecule has 112 valence electrons. The summed E-state index contributed by atoms with van der Waals surface area (Å²) in [6, 6.07) is 1.90. The molecule has 0 atom stereocenters. The van der Waals surface area contributed by atoms with Crippen LogP contribution in [0, 0.1) is 5.92 Å². The van der Waals surface area contributed by atoms with Gasteiger partial charge in [-0.3, -0.25) is 14.1 Å². The highest BCUT2D eigenvalue weighted by molar-refractivity contribution is 5.66. The molecule has 1 aliphatic heterocycles. The zero-order chi connectivity index (χ0) is 14.7. The van der Waals surface area contributed by atoms with Gasteiger partial charge in [0.15, 0.2) is 0 Å². The summed E-state index contributed by atoms with van der Waals surface area (Å²) >= 11 is 0. The molecule has 1 saturated heterocycles. The molecule has 0 unspecified atom stereocenters. The molecule has 6 heteroatoms. The van der Waals surface area contributed by atoms with Crippen molar-refractivity contribution in [2.24, 2.45) is 5.92 Å². The second-order valence-electron chi connectivity index (χ2n) is 5.71. The number of carboxylic acid groups (broad SMARTS) is 1. The summed E-state index contributed by atoms with van der Waals surface area (Å²) in [6.45, 7) is 2.88. The molecule has 1 fully saturated rings. The molecule has 0 aromatic carbocycles. The van der Waals surface area contributed by atoms with Crippen LogP contribution in [0.2, 0.25) is 0 Å². The second kappa shape index (κ2) is 6.22. The third-order valence-electron chi connectivity index (χ3n) is 4.14. The Labute approximate surface area is 123 Å². The first-order chi connectivity index (χ1) is 10.2. The molecule has 0 saturated carbocycles. The highest BCUT2D eigenvalue weighted by atomic mass is 16.4. The Kier molecular flexibility index (Phi) is 4.15. The van der Waals surface area contributed by atoms with Gasteiger partial charge in [0.1, 0.15) is 0 Å². The van der Waals surface area contributed by atoms with Crippen LogP contribution in [-0.4, -0.2) is 43.4 Å². The molecule has 0 spiro atoms. The van der Waals surface area contributed by atoms with Crippen LogP contribution in [-0.2, 0) is 11.3 Å². The molecule has 21 heavy (non-hydrogen) atoms. The fraction of sp³-hybridized carbons (Fsp3) is 0.533. The summed E-state index contributed by atoms with van der Waals surface area (Å²) in [7, 11) is 0. The van der Waals surface area contributed by atoms with Crippen LogP contribution in [0.1, 0.15) is 31.4 Å². The van der Waals surface area contributed by atoms with E-state index in [2.05, 4.69) is 14.9 Å². The lowest BCUT2D eigenvalue weighted by Crippen LogP contribution is -2.33. The molecule has 2 aromatic heterocycles. The Balaban J connectivity index is 1.52. The zero-order valence-electron chi connectivity index (χ0n) is 12.0. The van der Waals surface area contributed by atoms with E-state index in [1.165, 1.54) is 0 Å². The van der Waals surface area contributed by atoms with Crippen LogP contribution < -0.4 is 0 Å². The van der Waals surface area contributed by atoms with E-state index in [0.717, 1.165) is 50.4 Å². The number of hydrogen-bond donors (Lipinski definition) is 1. The SMILES string of the molecule is O=C(O)CCC1CCN(Cc2cn3cccnc3n2)CC1. The Morgan fingerprint density at radius 2 is 2.19 bits per heavy atom. The van der Waals surface area contributed by atoms with E-state index in [0.29, 0.717) is 12.3 Å². The molecular formula is C15H20N4O2. The van der Waals surface area contributed by atoms with E-state index in [-0.39, 0.29) is 0 Å². The van der Waals surface area contributed by atoms with E-state index in [1.807, 2.05) is 22.9 Å². The number of fused-ring (bicyclic) bond motifs is 1. The van der Waals surface area contributed by atoms with Gasteiger partial charge >= 0.3 is 5.97 Å². The standard InChI is InChI=1S/C15H20N4O2/c20-14(21)3-2-12-4-8-18(9-5-12)10-13-11-19-7-1-6-16-15(19)17-13/h1,6-7,11-12H,2-5,8-10H2,(H,20,21). The van der Waals surface area contributed by atoms with Crippen LogP contribution in [0.3, 0.4) is 0 Å². The van der Waals surface area contributed by atoms with Crippen molar-refractivity contribution in [2.75, 3.05) is 13.1 Å². The third kappa shape index (κ3) is 3.58. The summed E-state index contributed by atoms with van der Waals surface area (Å²) in [4.78, 5) is 21.7. The van der Waals surface area contributed by atoms with Gasteiger partial charge in [0.25, 0.3) is 0 Å². The number of likely N-dealkylation sites (tertiary alicyclic amines) is 1. The average molecular weight is 288 g/mol. The number of carboxylic acids is 1. The van der Waals surface area contributed by atoms with Gasteiger partial charge in [0.2, 0.25) is 5.78 Å². The van der Waals surface area contributed by atoms with Crippen molar-refractivity contribution in [1.82, 2.24) is 19.3 Å². The van der Waals surface area contributed by atoms with Gasteiger partial charge in [-0.25, -0.2) is 9.97 Å². The molecule has 6 nitrogen and oxygen atoms in total. The Morgan fingerprint density at radius 3 is 2.90 bits per heavy atom. The minimum absolute atomic E-state index is 0.294. The molecular weight excluding hydrogens is 268 g/mol. The first-order valence-corrected chi connectivity index (χ1v) is 7.43. The lowest BCUT2D eigenvalue weighted by atomic mass is 9.92. The molecule has 3 rings (SSSR count). The van der Waals surface area contributed by atoms with Crippen molar-refractivity contribution in [2.45, 2.75) is 32.2 Å². The van der Waals surface area contributed by atoms with Crippen LogP contribution in [0.4, 0.5) is 0 Å². The minimum atomic E-state index is -0.686. The normalized spacial score (nSPS) is 17.3. The van der Waals surface area contributed by atoms with Gasteiger partial charge in [-0.15, -0.1) is 0 Å². The number of aliphatic carboxylic acids is 1. The van der Waals surface area contributed by atoms with Crippen LogP contribution >= 0.6 is 0 Å². The first kappa shape index (κ1) is 14.0. The number of hydrogen-bond acceptors (Lipinski definition) is 4. The number of aromatic nitrogens is 3. The molecule has 0 radical (unpaired) electrons. The van der Waals surface area contributed by atoms with Crippen molar-refractivity contribution in [1.29, 1.82) is 0 Å². The average Bonchev–Trinajstić information content (AvgIpc) is 2.88. The number of rotatable bonds is 5. The van der Waals surface area contributed by atoms with Crippen LogP contribution in [0.15, 0.2) is 24.7 Å². The van der Waals surface area contributed by atoms with E-state index in [1.54, 1.807) is 6.20 Å². The number of piperidine rings is 1. The summed E-state index contributed by atoms with van der Waals surface area (Å²) in [5.74, 6) is 0.610. The molecule has 2 aromatic rings. The van der Waals surface area contributed by atoms with E-state index >= 15 is 0 Å². The predicted octanol–water partition coefficient (Wildman–Crippen LogP) is 1.81. The van der Waals surface area contributed by atoms with Gasteiger partial charge in [-0.1, -0.05) is 0 Å². The Hall–Kier alpha value is -1.95. The monoisotopic (exact) mass is 288 g/mol. The van der Waals surface area contributed by atoms with Crippen molar-refractivity contribution >= 4 is 11.7 Å². The van der Waals surface area contributed by atoms with E-state index in [9.17, 15) is 4.79 Å². The van der Waals surface area contributed by atoms with Crippen molar-refractivity contribution in [3.05, 3.63) is 30.4 Å². The second-order valence-corrected chi connectivity index (χ2v) is 5.71. The fourth-order valence-electron chi connectivity index (χ4n) is 2.95. The van der Waals surface area contributed by atoms with Crippen molar-refractivity contribution < 1.29 is 9.90 Å². The van der Waals surface area contributed by atoms with Crippen LogP contribution in [0.25, 0.3) is 5.78 Å². The Morgan fingerprint density at radius 1 is 1.38 bits per heavy atom. The number of nitrogens with zero attached hydrogens (tertiary/aromatic N) is 4. The molecule has 1 N–H and O–H groups in total. The molecule has 3 heterocycles. The zero-order valence-corrected chi connectivity index (χ0v) is 12.0. The van der Waals surface area contributed by atoms with Crippen molar-refractivity contribution in [3.8, 4) is 0 Å². The van der Waals surface area contributed by atoms with E-state index < -0.39 is 5.97 Å². The summed E-state index contributed by atoms with van der Waals surface area (Å²) in [6.07, 6.45) is 9.00. The van der Waals surface area contributed by atoms with Gasteiger partial charge < -0.3 is 5.11 Å². The lowest BCUT2D eigenvalue weighted by Gasteiger charge is -2.31.